The lowest BCUT2D eigenvalue weighted by atomic mass is 9.75. The molecule has 65 heavy (non-hydrogen) atoms. The molecule has 0 bridgehead atoms. The first kappa shape index (κ1) is 41.8. The van der Waals surface area contributed by atoms with Crippen molar-refractivity contribution in [3.63, 3.8) is 0 Å². The molecular weight excluding hydrogens is 840 g/mol. The van der Waals surface area contributed by atoms with E-state index >= 15 is 14.4 Å². The van der Waals surface area contributed by atoms with Gasteiger partial charge in [-0.1, -0.05) is 175 Å². The first-order valence-electron chi connectivity index (χ1n) is 21.4. The van der Waals surface area contributed by atoms with E-state index < -0.39 is 70.9 Å². The lowest BCUT2D eigenvalue weighted by molar-refractivity contribution is -0.192. The number of hydrogen-bond acceptors (Lipinski definition) is 9. The second kappa shape index (κ2) is 16.4. The van der Waals surface area contributed by atoms with E-state index in [0.29, 0.717) is 38.5 Å². The van der Waals surface area contributed by atoms with Crippen LogP contribution in [0.15, 0.2) is 183 Å². The van der Waals surface area contributed by atoms with Crippen LogP contribution in [0.25, 0.3) is 0 Å². The van der Waals surface area contributed by atoms with Gasteiger partial charge in [0.2, 0.25) is 17.4 Å². The summed E-state index contributed by atoms with van der Waals surface area (Å²) in [5.74, 6) is -5.40. The first-order chi connectivity index (χ1) is 31.6. The summed E-state index contributed by atoms with van der Waals surface area (Å²) in [4.78, 5) is 80.3. The van der Waals surface area contributed by atoms with Gasteiger partial charge in [-0.15, -0.1) is 6.58 Å². The van der Waals surface area contributed by atoms with Gasteiger partial charge >= 0.3 is 11.9 Å². The number of likely N-dealkylation sites (N-methyl/N-ethyl adjacent to an activating group) is 1. The van der Waals surface area contributed by atoms with Crippen molar-refractivity contribution < 1.29 is 33.4 Å². The molecule has 3 amide bonds. The second-order valence-electron chi connectivity index (χ2n) is 16.7. The van der Waals surface area contributed by atoms with E-state index in [4.69, 9.17) is 21.1 Å². The zero-order valence-electron chi connectivity index (χ0n) is 35.3. The van der Waals surface area contributed by atoms with Gasteiger partial charge in [-0.05, 0) is 39.9 Å². The number of nitrogens with zero attached hydrogens (tertiary/aromatic N) is 4. The fraction of sp³-hybridized carbons (Fsp3) is 0.189. The third-order valence-corrected chi connectivity index (χ3v) is 13.5. The van der Waals surface area contributed by atoms with E-state index in [1.807, 2.05) is 152 Å². The Morgan fingerprint density at radius 2 is 1.14 bits per heavy atom. The highest BCUT2D eigenvalue weighted by atomic mass is 35.5. The highest BCUT2D eigenvalue weighted by molar-refractivity contribution is 6.31. The number of carbonyl (C=O) groups excluding carboxylic acids is 5. The van der Waals surface area contributed by atoms with E-state index in [9.17, 15) is 9.59 Å². The Bertz CT molecular complexity index is 2660. The number of esters is 2. The molecule has 0 radical (unpaired) electrons. The average molecular weight is 883 g/mol. The van der Waals surface area contributed by atoms with Crippen LogP contribution in [0.2, 0.25) is 5.02 Å². The van der Waals surface area contributed by atoms with Gasteiger partial charge in [-0.3, -0.25) is 19.3 Å². The molecule has 4 aliphatic heterocycles. The van der Waals surface area contributed by atoms with Gasteiger partial charge in [0.25, 0.3) is 5.91 Å². The largest absolute Gasteiger partial charge is 0.451 e. The fourth-order valence-corrected chi connectivity index (χ4v) is 10.5. The maximum absolute atomic E-state index is 16.0. The number of benzene rings is 6. The van der Waals surface area contributed by atoms with Crippen LogP contribution in [0.1, 0.15) is 52.0 Å². The molecule has 4 atom stereocenters. The number of carbonyl (C=O) groups is 5. The standard InChI is InChI=1S/C53H43ClN4O7/c1-3-40-32-52(50(62)64-45(35-21-11-5-12-22-35)36-23-13-6-14-24-36,51(63)65-46(37-25-15-7-16-26-37)38-27-17-8-18-28-38)58-44-43(47(59)55(2)48(44)60)53(57(40)58)41-30-29-39(54)31-42(41)56(49(53)61)33-34-19-9-4-10-20-34/h3-31,40,43-46H,1,32-33H2,2H3/t40-,43-,44+,53+/m1/s1. The highest BCUT2D eigenvalue weighted by Gasteiger charge is 2.83. The van der Waals surface area contributed by atoms with Gasteiger partial charge in [-0.25, -0.2) is 14.6 Å². The van der Waals surface area contributed by atoms with Crippen LogP contribution in [0.3, 0.4) is 0 Å². The molecule has 4 heterocycles. The lowest BCUT2D eigenvalue weighted by Gasteiger charge is -2.41. The molecule has 3 saturated heterocycles. The number of hydrazine groups is 1. The van der Waals surface area contributed by atoms with E-state index in [1.165, 1.54) is 18.1 Å². The third kappa shape index (κ3) is 6.44. The van der Waals surface area contributed by atoms with Crippen molar-refractivity contribution >= 4 is 46.9 Å². The summed E-state index contributed by atoms with van der Waals surface area (Å²) in [5, 5.41) is 3.27. The Labute approximate surface area is 381 Å². The molecule has 10 rings (SSSR count). The summed E-state index contributed by atoms with van der Waals surface area (Å²) in [6, 6.07) is 48.3. The normalized spacial score (nSPS) is 22.1. The Morgan fingerprint density at radius 1 is 0.677 bits per heavy atom. The molecule has 6 aromatic carbocycles. The Hall–Kier alpha value is -7.18. The third-order valence-electron chi connectivity index (χ3n) is 13.2. The smallest absolute Gasteiger partial charge is 0.340 e. The minimum Gasteiger partial charge on any atom is -0.451 e. The first-order valence-corrected chi connectivity index (χ1v) is 21.8. The summed E-state index contributed by atoms with van der Waals surface area (Å²) in [6.45, 7) is 4.28. The topological polar surface area (TPSA) is 117 Å². The van der Waals surface area contributed by atoms with Crippen molar-refractivity contribution in [1.29, 1.82) is 0 Å². The zero-order chi connectivity index (χ0) is 45.0. The van der Waals surface area contributed by atoms with Gasteiger partial charge in [-0.2, -0.15) is 5.01 Å². The van der Waals surface area contributed by atoms with Crippen LogP contribution >= 0.6 is 11.6 Å². The van der Waals surface area contributed by atoms with Gasteiger partial charge in [0.05, 0.1) is 18.2 Å². The molecule has 0 aromatic heterocycles. The number of anilines is 1. The second-order valence-corrected chi connectivity index (χ2v) is 17.2. The van der Waals surface area contributed by atoms with Crippen LogP contribution < -0.4 is 4.90 Å². The zero-order valence-corrected chi connectivity index (χ0v) is 36.0. The molecule has 1 spiro atoms. The number of amides is 3. The van der Waals surface area contributed by atoms with Crippen molar-refractivity contribution in [2.24, 2.45) is 5.92 Å². The molecule has 11 nitrogen and oxygen atoms in total. The maximum Gasteiger partial charge on any atom is 0.340 e. The molecule has 3 fully saturated rings. The number of hydrogen-bond donors (Lipinski definition) is 0. The van der Waals surface area contributed by atoms with E-state index in [1.54, 1.807) is 28.1 Å². The monoisotopic (exact) mass is 882 g/mol. The van der Waals surface area contributed by atoms with Crippen LogP contribution in [-0.2, 0) is 45.5 Å². The number of fused-ring (bicyclic) bond motifs is 7. The van der Waals surface area contributed by atoms with Crippen LogP contribution in [-0.4, -0.2) is 69.2 Å². The minimum atomic E-state index is -2.48. The van der Waals surface area contributed by atoms with E-state index in [0.717, 1.165) is 10.5 Å². The molecule has 6 aromatic rings. The Kier molecular flexibility index (Phi) is 10.6. The summed E-state index contributed by atoms with van der Waals surface area (Å²) in [5.41, 5.74) is -0.357. The summed E-state index contributed by atoms with van der Waals surface area (Å²) < 4.78 is 13.3. The van der Waals surface area contributed by atoms with Crippen molar-refractivity contribution in [2.75, 3.05) is 11.9 Å². The van der Waals surface area contributed by atoms with Crippen molar-refractivity contribution in [2.45, 2.75) is 48.3 Å². The predicted octanol–water partition coefficient (Wildman–Crippen LogP) is 7.96. The number of ether oxygens (including phenoxy) is 2. The summed E-state index contributed by atoms with van der Waals surface area (Å²) >= 11 is 6.69. The lowest BCUT2D eigenvalue weighted by Crippen LogP contribution is -2.64. The molecular formula is C53H43ClN4O7. The quantitative estimate of drug-likeness (QED) is 0.0553. The predicted molar refractivity (Wildman–Crippen MR) is 242 cm³/mol. The highest BCUT2D eigenvalue weighted by Crippen LogP contribution is 2.63. The molecule has 0 unspecified atom stereocenters. The number of likely N-dealkylation sites (tertiary alicyclic amines) is 1. The molecule has 0 saturated carbocycles. The van der Waals surface area contributed by atoms with Crippen LogP contribution in [0.4, 0.5) is 5.69 Å². The molecule has 324 valence electrons. The molecule has 0 aliphatic carbocycles. The molecule has 12 heteroatoms. The van der Waals surface area contributed by atoms with Crippen molar-refractivity contribution in [3.8, 4) is 0 Å². The minimum absolute atomic E-state index is 0.0949. The Balaban J connectivity index is 1.20. The maximum atomic E-state index is 16.0. The summed E-state index contributed by atoms with van der Waals surface area (Å²) in [6.07, 6.45) is -0.875. The molecule has 4 aliphatic rings. The fourth-order valence-electron chi connectivity index (χ4n) is 10.3. The van der Waals surface area contributed by atoms with E-state index in [-0.39, 0.29) is 13.0 Å². The number of rotatable bonds is 11. The molecule has 0 N–H and O–H groups in total. The van der Waals surface area contributed by atoms with Crippen LogP contribution in [0.5, 0.6) is 0 Å². The van der Waals surface area contributed by atoms with Gasteiger partial charge < -0.3 is 14.4 Å². The average Bonchev–Trinajstić information content (AvgIpc) is 4.00. The number of halogens is 1. The number of imide groups is 1. The van der Waals surface area contributed by atoms with Crippen LogP contribution in [0, 0.1) is 5.92 Å². The van der Waals surface area contributed by atoms with Crippen molar-refractivity contribution in [3.05, 3.63) is 221 Å². The van der Waals surface area contributed by atoms with E-state index in [2.05, 4.69) is 6.58 Å². The summed E-state index contributed by atoms with van der Waals surface area (Å²) in [7, 11) is 1.35. The SMILES string of the molecule is C=C[C@@H]1CC(C(=O)OC(c2ccccc2)c2ccccc2)(C(=O)OC(c2ccccc2)c2ccccc2)N2[C@@H]3C(=O)N(C)C(=O)[C@@H]3[C@@]3(C(=O)N(Cc4ccccc4)c4cc(Cl)ccc43)N12. The van der Waals surface area contributed by atoms with Gasteiger partial charge in [0, 0.05) is 30.1 Å². The van der Waals surface area contributed by atoms with Gasteiger partial charge in [0.15, 0.2) is 17.7 Å². The Morgan fingerprint density at radius 3 is 1.60 bits per heavy atom. The van der Waals surface area contributed by atoms with Gasteiger partial charge in [0.1, 0.15) is 6.04 Å². The van der Waals surface area contributed by atoms with Crippen molar-refractivity contribution in [1.82, 2.24) is 14.9 Å².